The monoisotopic (exact) mass is 438 g/mol. The molecule has 0 spiro atoms. The first kappa shape index (κ1) is 17.5. The molecular weight excluding hydrogens is 413 g/mol. The highest BCUT2D eigenvalue weighted by Gasteiger charge is 2.17. The van der Waals surface area contributed by atoms with E-state index in [1.165, 1.54) is 31.5 Å². The zero-order valence-corrected chi connectivity index (χ0v) is 17.3. The second kappa shape index (κ2) is 8.88. The summed E-state index contributed by atoms with van der Waals surface area (Å²) in [5.74, 6) is -0.219. The van der Waals surface area contributed by atoms with Gasteiger partial charge in [-0.1, -0.05) is 0 Å². The maximum atomic E-state index is 13.2. The summed E-state index contributed by atoms with van der Waals surface area (Å²) >= 11 is 0. The number of nitrogens with one attached hydrogen (secondary N) is 3. The van der Waals surface area contributed by atoms with Gasteiger partial charge in [0.1, 0.15) is 23.0 Å². The molecular formula is C22H22FN7O2. The van der Waals surface area contributed by atoms with E-state index in [1.807, 2.05) is 18.3 Å². The molecule has 0 bridgehead atoms. The number of fused-ring (bicyclic) bond motifs is 1. The number of benzene rings is 1. The number of anilines is 4. The van der Waals surface area contributed by atoms with E-state index < -0.39 is 18.7 Å². The van der Waals surface area contributed by atoms with Crippen LogP contribution in [0.3, 0.4) is 0 Å². The van der Waals surface area contributed by atoms with Crippen LogP contribution >= 0.6 is 0 Å². The van der Waals surface area contributed by atoms with Crippen molar-refractivity contribution in [3.05, 3.63) is 60.3 Å². The molecule has 0 fully saturated rings. The lowest BCUT2D eigenvalue weighted by Crippen LogP contribution is -2.19. The van der Waals surface area contributed by atoms with Gasteiger partial charge in [0.25, 0.3) is 5.91 Å². The SMILES string of the molecule is [2H]C([2H])([2H])NC(=O)c1cnc(Nc2ccc(F)cn2)cc1Nc1ccc2cnn(CC)c2c1OC. The number of methoxy groups -OCH3 is 1. The number of hydrogen-bond donors (Lipinski definition) is 3. The Labute approximate surface area is 187 Å². The van der Waals surface area contributed by atoms with Gasteiger partial charge in [0.05, 0.1) is 36.4 Å². The normalized spacial score (nSPS) is 12.5. The minimum absolute atomic E-state index is 0.00936. The molecule has 0 unspecified atom stereocenters. The third kappa shape index (κ3) is 4.02. The predicted molar refractivity (Wildman–Crippen MR) is 120 cm³/mol. The number of halogens is 1. The van der Waals surface area contributed by atoms with Crippen LogP contribution in [0.25, 0.3) is 10.9 Å². The zero-order valence-electron chi connectivity index (χ0n) is 20.3. The van der Waals surface area contributed by atoms with E-state index in [9.17, 15) is 9.18 Å². The molecule has 0 saturated heterocycles. The van der Waals surface area contributed by atoms with Crippen LogP contribution in [0.1, 0.15) is 21.4 Å². The van der Waals surface area contributed by atoms with Crippen molar-refractivity contribution in [3.8, 4) is 5.75 Å². The van der Waals surface area contributed by atoms with Gasteiger partial charge in [0, 0.05) is 35.3 Å². The van der Waals surface area contributed by atoms with Crippen LogP contribution in [-0.4, -0.2) is 39.7 Å². The molecule has 10 heteroatoms. The molecule has 32 heavy (non-hydrogen) atoms. The molecule has 0 aliphatic carbocycles. The summed E-state index contributed by atoms with van der Waals surface area (Å²) in [7, 11) is 1.52. The number of rotatable bonds is 7. The van der Waals surface area contributed by atoms with Gasteiger partial charge in [0.15, 0.2) is 5.75 Å². The summed E-state index contributed by atoms with van der Waals surface area (Å²) in [6, 6.07) is 7.81. The molecule has 9 nitrogen and oxygen atoms in total. The van der Waals surface area contributed by atoms with Crippen molar-refractivity contribution in [1.82, 2.24) is 25.1 Å². The summed E-state index contributed by atoms with van der Waals surface area (Å²) in [6.45, 7) is -0.120. The number of aromatic nitrogens is 4. The Hall–Kier alpha value is -4.21. The zero-order chi connectivity index (χ0) is 25.2. The summed E-state index contributed by atoms with van der Waals surface area (Å²) < 4.78 is 42.8. The highest BCUT2D eigenvalue weighted by molar-refractivity contribution is 6.01. The number of nitrogens with zero attached hydrogens (tertiary/aromatic N) is 4. The first-order chi connectivity index (χ1) is 16.7. The van der Waals surface area contributed by atoms with Crippen molar-refractivity contribution in [2.75, 3.05) is 24.7 Å². The van der Waals surface area contributed by atoms with Gasteiger partial charge in [0.2, 0.25) is 0 Å². The molecule has 164 valence electrons. The van der Waals surface area contributed by atoms with Crippen LogP contribution in [0.2, 0.25) is 0 Å². The third-order valence-electron chi connectivity index (χ3n) is 4.78. The van der Waals surface area contributed by atoms with E-state index in [0.717, 1.165) is 17.1 Å². The van der Waals surface area contributed by atoms with E-state index in [1.54, 1.807) is 16.9 Å². The fourth-order valence-electron chi connectivity index (χ4n) is 3.29. The Balaban J connectivity index is 1.77. The van der Waals surface area contributed by atoms with E-state index >= 15 is 0 Å². The third-order valence-corrected chi connectivity index (χ3v) is 4.78. The van der Waals surface area contributed by atoms with Gasteiger partial charge >= 0.3 is 0 Å². The second-order valence-corrected chi connectivity index (χ2v) is 6.73. The van der Waals surface area contributed by atoms with E-state index in [-0.39, 0.29) is 17.1 Å². The smallest absolute Gasteiger partial charge is 0.254 e. The van der Waals surface area contributed by atoms with E-state index in [2.05, 4.69) is 25.7 Å². The van der Waals surface area contributed by atoms with E-state index in [4.69, 9.17) is 8.85 Å². The first-order valence-corrected chi connectivity index (χ1v) is 9.69. The van der Waals surface area contributed by atoms with Gasteiger partial charge in [-0.25, -0.2) is 14.4 Å². The molecule has 3 aromatic heterocycles. The van der Waals surface area contributed by atoms with E-state index in [0.29, 0.717) is 23.8 Å². The van der Waals surface area contributed by atoms with Crippen LogP contribution < -0.4 is 20.7 Å². The number of amides is 1. The largest absolute Gasteiger partial charge is 0.492 e. The molecule has 0 atom stereocenters. The number of aryl methyl sites for hydroxylation is 1. The minimum Gasteiger partial charge on any atom is -0.492 e. The first-order valence-electron chi connectivity index (χ1n) is 11.2. The Morgan fingerprint density at radius 3 is 2.69 bits per heavy atom. The number of hydrogen-bond acceptors (Lipinski definition) is 7. The minimum atomic E-state index is -2.69. The topological polar surface area (TPSA) is 106 Å². The quantitative estimate of drug-likeness (QED) is 0.402. The number of ether oxygens (including phenoxy) is 1. The Morgan fingerprint density at radius 2 is 1.97 bits per heavy atom. The molecule has 1 amide bonds. The van der Waals surface area contributed by atoms with Crippen LogP contribution in [0.15, 0.2) is 48.9 Å². The standard InChI is InChI=1S/C22H22FN7O2/c1-4-30-20-13(10-27-30)5-7-16(21(20)32-3)28-17-9-19(26-12-15(17)22(31)24-2)29-18-8-6-14(23)11-25-18/h5-12H,4H2,1-3H3,(H,24,31)(H2,25,26,28,29)/i2D3. The van der Waals surface area contributed by atoms with Gasteiger partial charge in [-0.05, 0) is 31.2 Å². The lowest BCUT2D eigenvalue weighted by molar-refractivity contribution is 0.0963. The van der Waals surface area contributed by atoms with Crippen molar-refractivity contribution < 1.29 is 18.0 Å². The lowest BCUT2D eigenvalue weighted by Gasteiger charge is -2.16. The molecule has 0 aliphatic heterocycles. The molecule has 4 rings (SSSR count). The van der Waals surface area contributed by atoms with Gasteiger partial charge < -0.3 is 20.7 Å². The van der Waals surface area contributed by atoms with Gasteiger partial charge in [-0.15, -0.1) is 0 Å². The Kier molecular flexibility index (Phi) is 4.85. The van der Waals surface area contributed by atoms with Gasteiger partial charge in [-0.2, -0.15) is 5.10 Å². The molecule has 0 saturated carbocycles. The van der Waals surface area contributed by atoms with Crippen LogP contribution in [0.4, 0.5) is 27.4 Å². The van der Waals surface area contributed by atoms with Crippen LogP contribution in [-0.2, 0) is 6.54 Å². The average Bonchev–Trinajstić information content (AvgIpc) is 3.23. The van der Waals surface area contributed by atoms with Crippen molar-refractivity contribution in [2.45, 2.75) is 13.5 Å². The van der Waals surface area contributed by atoms with Crippen molar-refractivity contribution in [2.24, 2.45) is 0 Å². The highest BCUT2D eigenvalue weighted by Crippen LogP contribution is 2.36. The van der Waals surface area contributed by atoms with Crippen molar-refractivity contribution in [1.29, 1.82) is 0 Å². The van der Waals surface area contributed by atoms with Crippen LogP contribution in [0, 0.1) is 5.82 Å². The predicted octanol–water partition coefficient (Wildman–Crippen LogP) is 3.84. The average molecular weight is 438 g/mol. The Bertz CT molecular complexity index is 1370. The molecule has 3 N–H and O–H groups in total. The summed E-state index contributed by atoms with van der Waals surface area (Å²) in [5.41, 5.74) is 1.53. The Morgan fingerprint density at radius 1 is 1.12 bits per heavy atom. The maximum Gasteiger partial charge on any atom is 0.254 e. The lowest BCUT2D eigenvalue weighted by atomic mass is 10.1. The van der Waals surface area contributed by atoms with Gasteiger partial charge in [-0.3, -0.25) is 9.48 Å². The summed E-state index contributed by atoms with van der Waals surface area (Å²) in [6.07, 6.45) is 4.01. The molecule has 0 aliphatic rings. The maximum absolute atomic E-state index is 13.2. The fourth-order valence-corrected chi connectivity index (χ4v) is 3.29. The fraction of sp³-hybridized carbons (Fsp3) is 0.182. The van der Waals surface area contributed by atoms with Crippen molar-refractivity contribution in [3.63, 3.8) is 0 Å². The molecule has 4 aromatic rings. The summed E-state index contributed by atoms with van der Waals surface area (Å²) in [5, 5.41) is 13.3. The number of pyridine rings is 2. The number of carbonyl (C=O) groups is 1. The second-order valence-electron chi connectivity index (χ2n) is 6.73. The van der Waals surface area contributed by atoms with Crippen molar-refractivity contribution >= 4 is 39.8 Å². The molecule has 1 aromatic carbocycles. The number of carbonyl (C=O) groups excluding carboxylic acids is 1. The molecule has 3 heterocycles. The summed E-state index contributed by atoms with van der Waals surface area (Å²) in [4.78, 5) is 20.9. The molecule has 0 radical (unpaired) electrons. The highest BCUT2D eigenvalue weighted by atomic mass is 19.1. The van der Waals surface area contributed by atoms with Crippen LogP contribution in [0.5, 0.6) is 5.75 Å².